The molecule has 0 amide bonds. The molecule has 0 bridgehead atoms. The number of nitrogens with one attached hydrogen (secondary N) is 1. The fourth-order valence-corrected chi connectivity index (χ4v) is 1.95. The highest BCUT2D eigenvalue weighted by atomic mass is 15.4. The second-order valence-electron chi connectivity index (χ2n) is 3.98. The van der Waals surface area contributed by atoms with Crippen molar-refractivity contribution in [3.8, 4) is 0 Å². The predicted molar refractivity (Wildman–Crippen MR) is 54.0 cm³/mol. The Labute approximate surface area is 82.6 Å². The average molecular weight is 196 g/mol. The molecule has 2 heterocycles. The highest BCUT2D eigenvalue weighted by Gasteiger charge is 2.24. The minimum atomic E-state index is 0.276. The Morgan fingerprint density at radius 1 is 1.43 bits per heavy atom. The summed E-state index contributed by atoms with van der Waals surface area (Å²) in [5.74, 6) is 7.75. The molecule has 2 atom stereocenters. The fraction of sp³-hybridized carbons (Fsp3) is 0.750. The Balaban J connectivity index is 2.18. The van der Waals surface area contributed by atoms with Gasteiger partial charge >= 0.3 is 0 Å². The molecule has 1 saturated heterocycles. The summed E-state index contributed by atoms with van der Waals surface area (Å²) >= 11 is 0. The van der Waals surface area contributed by atoms with Gasteiger partial charge < -0.3 is 16.9 Å². The number of aromatic nitrogens is 3. The van der Waals surface area contributed by atoms with E-state index in [9.17, 15) is 0 Å². The zero-order chi connectivity index (χ0) is 10.1. The summed E-state index contributed by atoms with van der Waals surface area (Å²) < 4.78 is 1.38. The van der Waals surface area contributed by atoms with Gasteiger partial charge in [0.05, 0.1) is 0 Å². The zero-order valence-corrected chi connectivity index (χ0v) is 8.27. The van der Waals surface area contributed by atoms with Crippen molar-refractivity contribution in [1.29, 1.82) is 0 Å². The highest BCUT2D eigenvalue weighted by molar-refractivity contribution is 5.19. The lowest BCUT2D eigenvalue weighted by atomic mass is 9.91. The lowest BCUT2D eigenvalue weighted by Gasteiger charge is -2.26. The molecular formula is C8H16N6. The Hall–Kier alpha value is -1.30. The van der Waals surface area contributed by atoms with Crippen molar-refractivity contribution >= 4 is 5.95 Å². The number of nitrogen functional groups attached to an aromatic ring is 2. The molecule has 1 aliphatic rings. The summed E-state index contributed by atoms with van der Waals surface area (Å²) in [6, 6.07) is 0. The van der Waals surface area contributed by atoms with Crippen LogP contribution < -0.4 is 16.9 Å². The van der Waals surface area contributed by atoms with Crippen LogP contribution in [-0.4, -0.2) is 28.0 Å². The smallest absolute Gasteiger partial charge is 0.240 e. The lowest BCUT2D eigenvalue weighted by molar-refractivity contribution is 0.351. The average Bonchev–Trinajstić information content (AvgIpc) is 2.48. The van der Waals surface area contributed by atoms with Crippen molar-refractivity contribution in [2.45, 2.75) is 19.3 Å². The molecule has 0 aliphatic carbocycles. The minimum absolute atomic E-state index is 0.276. The van der Waals surface area contributed by atoms with Crippen LogP contribution in [0.5, 0.6) is 0 Å². The summed E-state index contributed by atoms with van der Waals surface area (Å²) in [5, 5.41) is 11.1. The fourth-order valence-electron chi connectivity index (χ4n) is 1.95. The van der Waals surface area contributed by atoms with E-state index in [1.807, 2.05) is 0 Å². The van der Waals surface area contributed by atoms with Gasteiger partial charge in [0.15, 0.2) is 5.82 Å². The molecule has 0 spiro atoms. The van der Waals surface area contributed by atoms with Gasteiger partial charge in [-0.05, 0) is 18.9 Å². The second-order valence-corrected chi connectivity index (χ2v) is 3.98. The van der Waals surface area contributed by atoms with Crippen molar-refractivity contribution in [2.75, 3.05) is 24.7 Å². The highest BCUT2D eigenvalue weighted by Crippen LogP contribution is 2.24. The number of rotatable bonds is 1. The Bertz CT molecular complexity index is 320. The molecule has 6 nitrogen and oxygen atoms in total. The van der Waals surface area contributed by atoms with E-state index in [0.29, 0.717) is 11.8 Å². The first kappa shape index (κ1) is 9.26. The SMILES string of the molecule is CC1CNCC(c2nnc(N)n2N)C1. The van der Waals surface area contributed by atoms with Gasteiger partial charge in [-0.3, -0.25) is 0 Å². The number of hydrogen-bond acceptors (Lipinski definition) is 5. The van der Waals surface area contributed by atoms with Crippen molar-refractivity contribution in [1.82, 2.24) is 20.2 Å². The Morgan fingerprint density at radius 2 is 2.21 bits per heavy atom. The summed E-state index contributed by atoms with van der Waals surface area (Å²) in [7, 11) is 0. The molecule has 0 saturated carbocycles. The van der Waals surface area contributed by atoms with Crippen LogP contribution in [0.4, 0.5) is 5.95 Å². The van der Waals surface area contributed by atoms with Crippen LogP contribution >= 0.6 is 0 Å². The van der Waals surface area contributed by atoms with E-state index in [4.69, 9.17) is 11.6 Å². The van der Waals surface area contributed by atoms with Crippen LogP contribution in [-0.2, 0) is 0 Å². The van der Waals surface area contributed by atoms with Gasteiger partial charge in [-0.25, -0.2) is 4.68 Å². The Kier molecular flexibility index (Phi) is 2.28. The monoisotopic (exact) mass is 196 g/mol. The van der Waals surface area contributed by atoms with Gasteiger partial charge in [-0.1, -0.05) is 6.92 Å². The van der Waals surface area contributed by atoms with Gasteiger partial charge in [0.2, 0.25) is 5.95 Å². The van der Waals surface area contributed by atoms with E-state index in [0.717, 1.165) is 25.3 Å². The molecule has 1 aromatic heterocycles. The molecule has 1 aromatic rings. The van der Waals surface area contributed by atoms with Crippen molar-refractivity contribution in [3.05, 3.63) is 5.82 Å². The first-order valence-electron chi connectivity index (χ1n) is 4.85. The third-order valence-corrected chi connectivity index (χ3v) is 2.68. The topological polar surface area (TPSA) is 94.8 Å². The third kappa shape index (κ3) is 1.52. The van der Waals surface area contributed by atoms with Crippen molar-refractivity contribution in [2.24, 2.45) is 5.92 Å². The predicted octanol–water partition coefficient (Wildman–Crippen LogP) is -0.713. The number of hydrogen-bond donors (Lipinski definition) is 3. The van der Waals surface area contributed by atoms with Crippen LogP contribution in [0, 0.1) is 5.92 Å². The summed E-state index contributed by atoms with van der Waals surface area (Å²) in [6.45, 7) is 4.17. The number of nitrogens with zero attached hydrogens (tertiary/aromatic N) is 3. The second kappa shape index (κ2) is 3.45. The molecule has 2 unspecified atom stereocenters. The molecule has 2 rings (SSSR count). The third-order valence-electron chi connectivity index (χ3n) is 2.68. The molecule has 6 heteroatoms. The van der Waals surface area contributed by atoms with Crippen LogP contribution in [0.3, 0.4) is 0 Å². The molecular weight excluding hydrogens is 180 g/mol. The van der Waals surface area contributed by atoms with Crippen LogP contribution in [0.15, 0.2) is 0 Å². The molecule has 78 valence electrons. The first-order valence-corrected chi connectivity index (χ1v) is 4.85. The van der Waals surface area contributed by atoms with Gasteiger partial charge in [0.1, 0.15) is 0 Å². The van der Waals surface area contributed by atoms with E-state index in [1.54, 1.807) is 0 Å². The van der Waals surface area contributed by atoms with Gasteiger partial charge in [-0.15, -0.1) is 10.2 Å². The summed E-state index contributed by atoms with van der Waals surface area (Å²) in [5.41, 5.74) is 5.53. The quantitative estimate of drug-likeness (QED) is 0.516. The van der Waals surface area contributed by atoms with Gasteiger partial charge in [0, 0.05) is 12.5 Å². The van der Waals surface area contributed by atoms with Crippen LogP contribution in [0.2, 0.25) is 0 Å². The maximum Gasteiger partial charge on any atom is 0.240 e. The normalized spacial score (nSPS) is 27.8. The van der Waals surface area contributed by atoms with E-state index in [-0.39, 0.29) is 5.95 Å². The number of nitrogens with two attached hydrogens (primary N) is 2. The molecule has 0 radical (unpaired) electrons. The van der Waals surface area contributed by atoms with E-state index in [1.165, 1.54) is 4.68 Å². The minimum Gasteiger partial charge on any atom is -0.366 e. The molecule has 0 aromatic carbocycles. The van der Waals surface area contributed by atoms with E-state index in [2.05, 4.69) is 22.4 Å². The summed E-state index contributed by atoms with van der Waals surface area (Å²) in [6.07, 6.45) is 1.09. The van der Waals surface area contributed by atoms with Gasteiger partial charge in [0.25, 0.3) is 0 Å². The first-order chi connectivity index (χ1) is 6.68. The number of piperidine rings is 1. The maximum absolute atomic E-state index is 5.72. The van der Waals surface area contributed by atoms with Crippen molar-refractivity contribution in [3.63, 3.8) is 0 Å². The van der Waals surface area contributed by atoms with Crippen LogP contribution in [0.1, 0.15) is 25.1 Å². The maximum atomic E-state index is 5.72. The Morgan fingerprint density at radius 3 is 2.79 bits per heavy atom. The summed E-state index contributed by atoms with van der Waals surface area (Å²) in [4.78, 5) is 0. The number of anilines is 1. The van der Waals surface area contributed by atoms with E-state index >= 15 is 0 Å². The van der Waals surface area contributed by atoms with Gasteiger partial charge in [-0.2, -0.15) is 0 Å². The molecule has 1 aliphatic heterocycles. The lowest BCUT2D eigenvalue weighted by Crippen LogP contribution is -2.35. The molecule has 1 fully saturated rings. The van der Waals surface area contributed by atoms with E-state index < -0.39 is 0 Å². The van der Waals surface area contributed by atoms with Crippen LogP contribution in [0.25, 0.3) is 0 Å². The zero-order valence-electron chi connectivity index (χ0n) is 8.27. The molecule has 14 heavy (non-hydrogen) atoms. The van der Waals surface area contributed by atoms with Crippen molar-refractivity contribution < 1.29 is 0 Å². The largest absolute Gasteiger partial charge is 0.366 e. The molecule has 5 N–H and O–H groups in total. The standard InChI is InChI=1S/C8H16N6/c1-5-2-6(4-11-3-5)7-12-13-8(9)14(7)10/h5-6,11H,2-4,10H2,1H3,(H2,9,13).